The first-order chi connectivity index (χ1) is 24.6. The molecule has 1 unspecified atom stereocenters. The highest BCUT2D eigenvalue weighted by molar-refractivity contribution is 7.34. The quantitative estimate of drug-likeness (QED) is 0.115. The number of hydrogen-bond donors (Lipinski definition) is 2. The van der Waals surface area contributed by atoms with Crippen LogP contribution in [0.5, 0.6) is 0 Å². The Morgan fingerprint density at radius 3 is 1.79 bits per heavy atom. The van der Waals surface area contributed by atoms with Gasteiger partial charge < -0.3 is 5.32 Å². The number of benzene rings is 2. The number of aryl methyl sites for hydroxylation is 2. The molecule has 300 valence electrons. The fourth-order valence-corrected chi connectivity index (χ4v) is 4.58. The lowest BCUT2D eigenvalue weighted by Gasteiger charge is -2.13. The summed E-state index contributed by atoms with van der Waals surface area (Å²) in [6.45, 7) is 42.6. The van der Waals surface area contributed by atoms with Gasteiger partial charge >= 0.3 is 0 Å². The minimum atomic E-state index is -0.133. The second-order valence-electron chi connectivity index (χ2n) is 13.7. The number of nitrogens with zero attached hydrogens (tertiary/aromatic N) is 1. The number of halogens is 1. The fourth-order valence-electron chi connectivity index (χ4n) is 4.16. The van der Waals surface area contributed by atoms with Crippen molar-refractivity contribution in [1.29, 1.82) is 5.26 Å². The van der Waals surface area contributed by atoms with E-state index in [1.165, 1.54) is 43.7 Å². The highest BCUT2D eigenvalue weighted by Gasteiger charge is 2.10. The van der Waals surface area contributed by atoms with Crippen molar-refractivity contribution in [2.45, 2.75) is 162 Å². The molecule has 52 heavy (non-hydrogen) atoms. The summed E-state index contributed by atoms with van der Waals surface area (Å²) in [5.74, 6) is -0.133. The molecule has 2 rings (SSSR count). The number of nitriles is 1. The maximum Gasteiger partial charge on any atom is 0.123 e. The van der Waals surface area contributed by atoms with E-state index in [4.69, 9.17) is 0 Å². The smallest absolute Gasteiger partial charge is 0.123 e. The van der Waals surface area contributed by atoms with Crippen LogP contribution >= 0.6 is 8.73 Å². The fraction of sp³-hybridized carbons (Fsp3) is 0.596. The average Bonchev–Trinajstić information content (AvgIpc) is 3.10. The van der Waals surface area contributed by atoms with Gasteiger partial charge in [-0.1, -0.05) is 154 Å². The molecule has 3 nitrogen and oxygen atoms in total. The van der Waals surface area contributed by atoms with Crippen LogP contribution in [-0.4, -0.2) is 20.3 Å². The normalized spacial score (nSPS) is 9.98. The Labute approximate surface area is 327 Å². The zero-order valence-corrected chi connectivity index (χ0v) is 38.4. The van der Waals surface area contributed by atoms with Gasteiger partial charge in [-0.25, -0.2) is 4.39 Å². The van der Waals surface area contributed by atoms with Gasteiger partial charge in [0, 0.05) is 13.2 Å². The summed E-state index contributed by atoms with van der Waals surface area (Å²) in [5, 5.41) is 15.6. The van der Waals surface area contributed by atoms with Crippen LogP contribution < -0.4 is 10.4 Å². The number of nitrogens with one attached hydrogen (secondary N) is 2. The van der Waals surface area contributed by atoms with Crippen LogP contribution in [-0.2, 0) is 6.42 Å². The van der Waals surface area contributed by atoms with Crippen LogP contribution in [0.2, 0.25) is 0 Å². The third kappa shape index (κ3) is 40.0. The first-order valence-corrected chi connectivity index (χ1v) is 21.4. The summed E-state index contributed by atoms with van der Waals surface area (Å²) in [6.07, 6.45) is 12.8. The van der Waals surface area contributed by atoms with Gasteiger partial charge in [0.05, 0.1) is 11.6 Å². The lowest BCUT2D eigenvalue weighted by atomic mass is 9.92. The second-order valence-corrected chi connectivity index (χ2v) is 14.6. The van der Waals surface area contributed by atoms with E-state index in [2.05, 4.69) is 112 Å². The van der Waals surface area contributed by atoms with Crippen LogP contribution in [0.3, 0.4) is 0 Å². The van der Waals surface area contributed by atoms with E-state index >= 15 is 0 Å². The topological polar surface area (TPSA) is 47.9 Å². The van der Waals surface area contributed by atoms with E-state index in [0.717, 1.165) is 74.4 Å². The van der Waals surface area contributed by atoms with E-state index < -0.39 is 0 Å². The summed E-state index contributed by atoms with van der Waals surface area (Å²) in [5.41, 5.74) is 8.95. The maximum atomic E-state index is 12.5. The van der Waals surface area contributed by atoms with Gasteiger partial charge in [-0.05, 0) is 117 Å². The largest absolute Gasteiger partial charge is 0.394 e. The van der Waals surface area contributed by atoms with Crippen molar-refractivity contribution in [2.75, 3.05) is 20.3 Å². The van der Waals surface area contributed by atoms with E-state index in [-0.39, 0.29) is 5.82 Å². The summed E-state index contributed by atoms with van der Waals surface area (Å²) in [6, 6.07) is 13.1. The molecule has 0 aliphatic carbocycles. The van der Waals surface area contributed by atoms with Crippen molar-refractivity contribution in [3.8, 4) is 6.07 Å². The van der Waals surface area contributed by atoms with Gasteiger partial charge in [0.15, 0.2) is 0 Å². The Morgan fingerprint density at radius 2 is 1.42 bits per heavy atom. The minimum Gasteiger partial charge on any atom is -0.394 e. The van der Waals surface area contributed by atoms with E-state index in [0.29, 0.717) is 11.0 Å². The van der Waals surface area contributed by atoms with Crippen molar-refractivity contribution in [2.24, 2.45) is 5.41 Å². The van der Waals surface area contributed by atoms with Crippen LogP contribution in [0.1, 0.15) is 176 Å². The molecule has 0 heterocycles. The number of rotatable bonds is 14. The summed E-state index contributed by atoms with van der Waals surface area (Å²) in [7, 11) is 2.75. The van der Waals surface area contributed by atoms with E-state index in [9.17, 15) is 9.65 Å². The molecule has 0 fully saturated rings. The lowest BCUT2D eigenvalue weighted by Crippen LogP contribution is -2.02. The molecule has 0 radical (unpaired) electrons. The maximum absolute atomic E-state index is 12.5. The Bertz CT molecular complexity index is 1190. The predicted octanol–water partition coefficient (Wildman–Crippen LogP) is 15.5. The number of allylic oxidation sites excluding steroid dienone is 3. The predicted molar refractivity (Wildman–Crippen MR) is 242 cm³/mol. The van der Waals surface area contributed by atoms with Crippen LogP contribution in [0.4, 0.5) is 4.39 Å². The van der Waals surface area contributed by atoms with Gasteiger partial charge in [-0.2, -0.15) is 5.26 Å². The molecule has 5 heteroatoms. The van der Waals surface area contributed by atoms with Crippen molar-refractivity contribution in [1.82, 2.24) is 10.4 Å². The monoisotopic (exact) mass is 742 g/mol. The average molecular weight is 742 g/mol. The van der Waals surface area contributed by atoms with Crippen molar-refractivity contribution in [3.05, 3.63) is 95.0 Å². The molecular formula is C47H85FN3P. The molecule has 0 aliphatic heterocycles. The van der Waals surface area contributed by atoms with Gasteiger partial charge in [0.2, 0.25) is 0 Å². The first-order valence-electron chi connectivity index (χ1n) is 19.9. The zero-order chi connectivity index (χ0) is 41.5. The molecule has 2 aromatic rings. The van der Waals surface area contributed by atoms with Crippen LogP contribution in [0, 0.1) is 29.5 Å². The molecule has 0 spiro atoms. The molecule has 0 aromatic heterocycles. The third-order valence-electron chi connectivity index (χ3n) is 6.46. The van der Waals surface area contributed by atoms with Crippen molar-refractivity contribution >= 4 is 19.9 Å². The second kappa shape index (κ2) is 41.0. The molecule has 0 bridgehead atoms. The van der Waals surface area contributed by atoms with Gasteiger partial charge in [-0.3, -0.25) is 5.09 Å². The molecular weight excluding hydrogens is 657 g/mol. The minimum absolute atomic E-state index is 0.133. The summed E-state index contributed by atoms with van der Waals surface area (Å²) >= 11 is 0. The molecule has 1 atom stereocenters. The Kier molecular flexibility index (Phi) is 46.2. The van der Waals surface area contributed by atoms with Gasteiger partial charge in [0.25, 0.3) is 0 Å². The highest BCUT2D eigenvalue weighted by Crippen LogP contribution is 2.27. The Balaban J connectivity index is -0.000000186. The summed E-state index contributed by atoms with van der Waals surface area (Å²) in [4.78, 5) is 0. The zero-order valence-electron chi connectivity index (χ0n) is 37.4. The summed E-state index contributed by atoms with van der Waals surface area (Å²) < 4.78 is 12.5. The standard InChI is InChI=1S/C16H20N2.C9H11F.C7H16NP.C6H14.C5H12.2C2H6/c1-6-13(10-18-5)16-7-12(4)15(11(2)3)8-14(16)9-17;1-2-4-8-5-3-6-9(10)7-8;1-7(2)5-4-6-8-9-3;1-3-5-6-4-2;1-5(2,3)4;2*1-2/h7-8,10,18H,2,6H2,1,3-5H3;3,5-7H,2,4H2,1H3;8-9H,1,4-6H2,2-3H3;3-6H2,1-2H3;1-4H3;2*1-2H3/b13-10+;;;;;;. The van der Waals surface area contributed by atoms with Crippen molar-refractivity contribution in [3.63, 3.8) is 0 Å². The first kappa shape index (κ1) is 58.6. The molecule has 0 aliphatic rings. The SMILES string of the molecule is C=C(C)CCCNPC.C=C(C)c1cc(C#N)c(/C(=C/NC)CC)cc1C.CC.CC.CC(C)(C)C.CCCCCC.CCCc1cccc(F)c1. The van der Waals surface area contributed by atoms with Crippen LogP contribution in [0.25, 0.3) is 11.1 Å². The molecule has 2 aromatic carbocycles. The van der Waals surface area contributed by atoms with Gasteiger partial charge in [-0.15, -0.1) is 6.58 Å². The Hall–Kier alpha value is -2.73. The lowest BCUT2D eigenvalue weighted by molar-refractivity contribution is 0.469. The van der Waals surface area contributed by atoms with Crippen LogP contribution in [0.15, 0.2) is 61.3 Å². The van der Waals surface area contributed by atoms with Gasteiger partial charge in [0.1, 0.15) is 5.82 Å². The number of hydrogen-bond acceptors (Lipinski definition) is 3. The van der Waals surface area contributed by atoms with Crippen molar-refractivity contribution < 1.29 is 4.39 Å². The molecule has 0 saturated heterocycles. The Morgan fingerprint density at radius 1 is 0.885 bits per heavy atom. The third-order valence-corrected chi connectivity index (χ3v) is 7.06. The van der Waals surface area contributed by atoms with E-state index in [1.807, 2.05) is 60.0 Å². The number of unbranched alkanes of at least 4 members (excludes halogenated alkanes) is 3. The molecule has 0 saturated carbocycles. The van der Waals surface area contributed by atoms with E-state index in [1.54, 1.807) is 12.1 Å². The molecule has 2 N–H and O–H groups in total. The highest BCUT2D eigenvalue weighted by atomic mass is 31.1. The molecule has 0 amide bonds.